The predicted molar refractivity (Wildman–Crippen MR) is 76.9 cm³/mol. The first-order valence-electron chi connectivity index (χ1n) is 6.94. The minimum Gasteiger partial charge on any atom is -0.459 e. The Hall–Kier alpha value is -2.77. The number of ether oxygens (including phenoxy) is 1. The summed E-state index contributed by atoms with van der Waals surface area (Å²) >= 11 is 0. The summed E-state index contributed by atoms with van der Waals surface area (Å²) in [6.07, 6.45) is -3.16. The SMILES string of the molecule is C[C@@H](NC(=O)c1ccco1)C(=O)OCc1cccc(C(F)(F)F)c1. The van der Waals surface area contributed by atoms with Gasteiger partial charge in [-0.2, -0.15) is 13.2 Å². The van der Waals surface area contributed by atoms with Crippen molar-refractivity contribution in [3.63, 3.8) is 0 Å². The van der Waals surface area contributed by atoms with Crippen LogP contribution in [0.1, 0.15) is 28.6 Å². The zero-order valence-electron chi connectivity index (χ0n) is 12.6. The second-order valence-corrected chi connectivity index (χ2v) is 4.98. The Bertz CT molecular complexity index is 710. The van der Waals surface area contributed by atoms with Gasteiger partial charge in [0.25, 0.3) is 5.91 Å². The maximum atomic E-state index is 12.6. The standard InChI is InChI=1S/C16H14F3NO4/c1-10(20-14(21)13-6-3-7-23-13)15(22)24-9-11-4-2-5-12(8-11)16(17,18)19/h2-8,10H,9H2,1H3,(H,20,21)/t10-/m1/s1. The molecule has 1 N–H and O–H groups in total. The molecular weight excluding hydrogens is 327 g/mol. The summed E-state index contributed by atoms with van der Waals surface area (Å²) in [6.45, 7) is 1.07. The molecule has 8 heteroatoms. The Labute approximate surface area is 135 Å². The smallest absolute Gasteiger partial charge is 0.416 e. The summed E-state index contributed by atoms with van der Waals surface area (Å²) in [5.74, 6) is -1.33. The number of carbonyl (C=O) groups excluding carboxylic acids is 2. The maximum absolute atomic E-state index is 12.6. The van der Waals surface area contributed by atoms with Gasteiger partial charge >= 0.3 is 12.1 Å². The predicted octanol–water partition coefficient (Wildman–Crippen LogP) is 3.16. The van der Waals surface area contributed by atoms with E-state index >= 15 is 0 Å². The molecule has 0 saturated carbocycles. The molecule has 0 aliphatic rings. The third-order valence-electron chi connectivity index (χ3n) is 3.08. The van der Waals surface area contributed by atoms with Gasteiger partial charge in [0.05, 0.1) is 11.8 Å². The molecule has 1 atom stereocenters. The minimum absolute atomic E-state index is 0.0347. The van der Waals surface area contributed by atoms with Crippen LogP contribution in [0, 0.1) is 0 Å². The third-order valence-corrected chi connectivity index (χ3v) is 3.08. The number of furan rings is 1. The van der Waals surface area contributed by atoms with Crippen molar-refractivity contribution in [1.82, 2.24) is 5.32 Å². The molecule has 0 radical (unpaired) electrons. The molecule has 1 amide bonds. The number of nitrogens with one attached hydrogen (secondary N) is 1. The van der Waals surface area contributed by atoms with E-state index in [4.69, 9.17) is 9.15 Å². The Kier molecular flexibility index (Phi) is 5.28. The molecular formula is C16H14F3NO4. The summed E-state index contributed by atoms with van der Waals surface area (Å²) in [7, 11) is 0. The van der Waals surface area contributed by atoms with Crippen LogP contribution in [0.15, 0.2) is 47.1 Å². The molecule has 2 rings (SSSR count). The van der Waals surface area contributed by atoms with Gasteiger partial charge in [0.2, 0.25) is 0 Å². The molecule has 5 nitrogen and oxygen atoms in total. The van der Waals surface area contributed by atoms with E-state index in [2.05, 4.69) is 5.32 Å². The summed E-state index contributed by atoms with van der Waals surface area (Å²) in [4.78, 5) is 23.5. The number of hydrogen-bond donors (Lipinski definition) is 1. The van der Waals surface area contributed by atoms with Gasteiger partial charge in [-0.15, -0.1) is 0 Å². The molecule has 0 saturated heterocycles. The molecule has 1 heterocycles. The maximum Gasteiger partial charge on any atom is 0.416 e. The number of carbonyl (C=O) groups is 2. The fraction of sp³-hybridized carbons (Fsp3) is 0.250. The van der Waals surface area contributed by atoms with Gasteiger partial charge in [-0.1, -0.05) is 12.1 Å². The van der Waals surface area contributed by atoms with Crippen molar-refractivity contribution in [2.45, 2.75) is 25.7 Å². The van der Waals surface area contributed by atoms with Crippen LogP contribution in [-0.4, -0.2) is 17.9 Å². The molecule has 0 aliphatic carbocycles. The second kappa shape index (κ2) is 7.20. The monoisotopic (exact) mass is 341 g/mol. The largest absolute Gasteiger partial charge is 0.459 e. The van der Waals surface area contributed by atoms with E-state index in [-0.39, 0.29) is 17.9 Å². The van der Waals surface area contributed by atoms with Crippen molar-refractivity contribution in [1.29, 1.82) is 0 Å². The van der Waals surface area contributed by atoms with Crippen LogP contribution in [0.2, 0.25) is 0 Å². The average Bonchev–Trinajstić information content (AvgIpc) is 3.06. The quantitative estimate of drug-likeness (QED) is 0.848. The number of halogens is 3. The van der Waals surface area contributed by atoms with E-state index in [0.29, 0.717) is 0 Å². The van der Waals surface area contributed by atoms with Crippen molar-refractivity contribution in [3.8, 4) is 0 Å². The van der Waals surface area contributed by atoms with Gasteiger partial charge in [-0.05, 0) is 36.8 Å². The Balaban J connectivity index is 1.89. The van der Waals surface area contributed by atoms with Crippen LogP contribution in [0.4, 0.5) is 13.2 Å². The zero-order valence-corrected chi connectivity index (χ0v) is 12.6. The first-order chi connectivity index (χ1) is 11.3. The van der Waals surface area contributed by atoms with Gasteiger partial charge in [0.1, 0.15) is 12.6 Å². The van der Waals surface area contributed by atoms with E-state index in [9.17, 15) is 22.8 Å². The molecule has 0 fully saturated rings. The highest BCUT2D eigenvalue weighted by molar-refractivity contribution is 5.94. The molecule has 0 aliphatic heterocycles. The molecule has 0 spiro atoms. The van der Waals surface area contributed by atoms with Gasteiger partial charge in [-0.25, -0.2) is 4.79 Å². The topological polar surface area (TPSA) is 68.5 Å². The van der Waals surface area contributed by atoms with Crippen molar-refractivity contribution >= 4 is 11.9 Å². The number of benzene rings is 1. The third kappa shape index (κ3) is 4.61. The highest BCUT2D eigenvalue weighted by Crippen LogP contribution is 2.29. The Morgan fingerprint density at radius 1 is 1.25 bits per heavy atom. The lowest BCUT2D eigenvalue weighted by molar-refractivity contribution is -0.146. The van der Waals surface area contributed by atoms with E-state index in [0.717, 1.165) is 12.1 Å². The lowest BCUT2D eigenvalue weighted by Crippen LogP contribution is -2.39. The lowest BCUT2D eigenvalue weighted by atomic mass is 10.1. The average molecular weight is 341 g/mol. The van der Waals surface area contributed by atoms with Crippen molar-refractivity contribution in [3.05, 3.63) is 59.5 Å². The van der Waals surface area contributed by atoms with Gasteiger partial charge in [0.15, 0.2) is 5.76 Å². The van der Waals surface area contributed by atoms with Crippen molar-refractivity contribution in [2.24, 2.45) is 0 Å². The van der Waals surface area contributed by atoms with Crippen LogP contribution in [0.3, 0.4) is 0 Å². The van der Waals surface area contributed by atoms with Gasteiger partial charge in [-0.3, -0.25) is 4.79 Å². The lowest BCUT2D eigenvalue weighted by Gasteiger charge is -2.13. The summed E-state index contributed by atoms with van der Waals surface area (Å²) in [6, 6.07) is 6.44. The highest BCUT2D eigenvalue weighted by Gasteiger charge is 2.30. The van der Waals surface area contributed by atoms with Crippen LogP contribution >= 0.6 is 0 Å². The first kappa shape index (κ1) is 17.6. The fourth-order valence-corrected chi connectivity index (χ4v) is 1.85. The molecule has 2 aromatic rings. The molecule has 24 heavy (non-hydrogen) atoms. The molecule has 0 bridgehead atoms. The van der Waals surface area contributed by atoms with Crippen LogP contribution < -0.4 is 5.32 Å². The number of amides is 1. The fourth-order valence-electron chi connectivity index (χ4n) is 1.85. The van der Waals surface area contributed by atoms with Gasteiger partial charge in [0, 0.05) is 0 Å². The number of rotatable bonds is 5. The van der Waals surface area contributed by atoms with E-state index in [1.165, 1.54) is 37.5 Å². The molecule has 0 unspecified atom stereocenters. The van der Waals surface area contributed by atoms with E-state index in [1.54, 1.807) is 0 Å². The number of alkyl halides is 3. The Morgan fingerprint density at radius 2 is 2.00 bits per heavy atom. The second-order valence-electron chi connectivity index (χ2n) is 4.98. The zero-order chi connectivity index (χ0) is 17.7. The van der Waals surface area contributed by atoms with Gasteiger partial charge < -0.3 is 14.5 Å². The van der Waals surface area contributed by atoms with Crippen molar-refractivity contribution < 1.29 is 31.9 Å². The molecule has 128 valence electrons. The Morgan fingerprint density at radius 3 is 2.62 bits per heavy atom. The van der Waals surface area contributed by atoms with E-state index in [1.807, 2.05) is 0 Å². The minimum atomic E-state index is -4.47. The summed E-state index contributed by atoms with van der Waals surface area (Å²) in [5, 5.41) is 2.37. The van der Waals surface area contributed by atoms with Crippen molar-refractivity contribution in [2.75, 3.05) is 0 Å². The molecule has 1 aromatic heterocycles. The van der Waals surface area contributed by atoms with Crippen LogP contribution in [0.25, 0.3) is 0 Å². The van der Waals surface area contributed by atoms with Crippen LogP contribution in [-0.2, 0) is 22.3 Å². The van der Waals surface area contributed by atoms with E-state index < -0.39 is 29.7 Å². The summed E-state index contributed by atoms with van der Waals surface area (Å²) < 4.78 is 47.6. The number of esters is 1. The number of hydrogen-bond acceptors (Lipinski definition) is 4. The molecule has 1 aromatic carbocycles. The van der Waals surface area contributed by atoms with Crippen LogP contribution in [0.5, 0.6) is 0 Å². The highest BCUT2D eigenvalue weighted by atomic mass is 19.4. The first-order valence-corrected chi connectivity index (χ1v) is 6.94. The summed E-state index contributed by atoms with van der Waals surface area (Å²) in [5.41, 5.74) is -0.627. The normalized spacial score (nSPS) is 12.5.